The van der Waals surface area contributed by atoms with E-state index in [2.05, 4.69) is 0 Å². The summed E-state index contributed by atoms with van der Waals surface area (Å²) < 4.78 is 48.5. The van der Waals surface area contributed by atoms with E-state index in [9.17, 15) is 18.8 Å². The largest absolute Gasteiger partial charge is 0.482 e. The number of morpholine rings is 1. The lowest BCUT2D eigenvalue weighted by atomic mass is 9.93. The van der Waals surface area contributed by atoms with Crippen LogP contribution in [-0.2, 0) is 21.9 Å². The highest BCUT2D eigenvalue weighted by molar-refractivity contribution is 7.98. The molecule has 1 saturated heterocycles. The molecule has 230 valence electrons. The number of thioether (sulfide) groups is 1. The van der Waals surface area contributed by atoms with Gasteiger partial charge in [-0.25, -0.2) is 8.78 Å². The van der Waals surface area contributed by atoms with E-state index in [0.29, 0.717) is 23.5 Å². The topological polar surface area (TPSA) is 90.3 Å². The van der Waals surface area contributed by atoms with Crippen molar-refractivity contribution in [3.63, 3.8) is 0 Å². The monoisotopic (exact) mass is 631 g/mol. The van der Waals surface area contributed by atoms with Crippen molar-refractivity contribution in [2.24, 2.45) is 0 Å². The molecule has 4 heterocycles. The number of carbonyl (C=O) groups is 2. The summed E-state index contributed by atoms with van der Waals surface area (Å²) in [6.07, 6.45) is 0.896. The predicted molar refractivity (Wildman–Crippen MR) is 161 cm³/mol. The molecule has 1 fully saturated rings. The highest BCUT2D eigenvalue weighted by atomic mass is 32.2. The Morgan fingerprint density at radius 3 is 2.62 bits per heavy atom. The van der Waals surface area contributed by atoms with Gasteiger partial charge in [0.05, 0.1) is 19.3 Å². The third kappa shape index (κ3) is 5.13. The zero-order valence-corrected chi connectivity index (χ0v) is 24.9. The maximum absolute atomic E-state index is 15.4. The van der Waals surface area contributed by atoms with E-state index in [-0.39, 0.29) is 42.5 Å². The van der Waals surface area contributed by atoms with E-state index >= 15 is 4.39 Å². The van der Waals surface area contributed by atoms with E-state index in [1.165, 1.54) is 30.9 Å². The number of benzene rings is 3. The summed E-state index contributed by atoms with van der Waals surface area (Å²) in [4.78, 5) is 41.2. The molecular formula is C33H27F2N3O6S. The van der Waals surface area contributed by atoms with E-state index in [1.807, 2.05) is 29.3 Å². The molecule has 12 heteroatoms. The van der Waals surface area contributed by atoms with Gasteiger partial charge in [-0.1, -0.05) is 36.4 Å². The number of pyridine rings is 1. The molecule has 7 rings (SSSR count). The van der Waals surface area contributed by atoms with Crippen molar-refractivity contribution in [2.45, 2.75) is 36.4 Å². The van der Waals surface area contributed by atoms with Crippen molar-refractivity contribution in [3.05, 3.63) is 123 Å². The molecule has 45 heavy (non-hydrogen) atoms. The van der Waals surface area contributed by atoms with Crippen molar-refractivity contribution in [3.8, 4) is 11.5 Å². The quantitative estimate of drug-likeness (QED) is 0.230. The minimum absolute atomic E-state index is 0.0238. The molecule has 0 unspecified atom stereocenters. The van der Waals surface area contributed by atoms with Crippen LogP contribution in [0.25, 0.3) is 0 Å². The molecule has 4 aromatic rings. The van der Waals surface area contributed by atoms with Gasteiger partial charge in [0, 0.05) is 41.9 Å². The average Bonchev–Trinajstić information content (AvgIpc) is 3.20. The summed E-state index contributed by atoms with van der Waals surface area (Å²) in [5, 5.41) is 1.90. The van der Waals surface area contributed by atoms with Crippen molar-refractivity contribution in [1.82, 2.24) is 9.58 Å². The van der Waals surface area contributed by atoms with E-state index < -0.39 is 41.1 Å². The van der Waals surface area contributed by atoms with E-state index in [4.69, 9.17) is 14.2 Å². The van der Waals surface area contributed by atoms with Crippen molar-refractivity contribution < 1.29 is 32.6 Å². The molecule has 3 aliphatic rings. The van der Waals surface area contributed by atoms with Crippen LogP contribution in [0.3, 0.4) is 0 Å². The molecule has 9 nitrogen and oxygen atoms in total. The molecular weight excluding hydrogens is 604 g/mol. The molecule has 1 amide bonds. The number of hydrogen-bond acceptors (Lipinski definition) is 8. The summed E-state index contributed by atoms with van der Waals surface area (Å²) >= 11 is 1.41. The maximum atomic E-state index is 15.4. The second kappa shape index (κ2) is 11.7. The first-order valence-electron chi connectivity index (χ1n) is 14.3. The normalized spacial score (nSPS) is 18.7. The number of nitrogens with zero attached hydrogens (tertiary/aromatic N) is 3. The van der Waals surface area contributed by atoms with Gasteiger partial charge >= 0.3 is 5.97 Å². The molecule has 3 aromatic carbocycles. The SMILES string of the molecule is CC(=O)Oc1ccc(COc2c3n(ccc2=O)N([C@@H]2c4ccccc4SCc4c2ccc(F)c4F)[C@@H]2COCCN2C3=O)cc1. The van der Waals surface area contributed by atoms with Crippen LogP contribution in [0, 0.1) is 11.6 Å². The smallest absolute Gasteiger partial charge is 0.308 e. The third-order valence-electron chi connectivity index (χ3n) is 8.10. The highest BCUT2D eigenvalue weighted by Gasteiger charge is 2.46. The molecule has 0 radical (unpaired) electrons. The van der Waals surface area contributed by atoms with Crippen LogP contribution < -0.4 is 19.9 Å². The number of halogens is 2. The van der Waals surface area contributed by atoms with Gasteiger partial charge in [0.2, 0.25) is 5.43 Å². The fraction of sp³-hybridized carbons (Fsp3) is 0.242. The number of hydrogen-bond donors (Lipinski definition) is 0. The van der Waals surface area contributed by atoms with Gasteiger partial charge in [-0.15, -0.1) is 11.8 Å². The van der Waals surface area contributed by atoms with Gasteiger partial charge in [-0.05, 0) is 41.0 Å². The fourth-order valence-corrected chi connectivity index (χ4v) is 7.20. The summed E-state index contributed by atoms with van der Waals surface area (Å²) in [6, 6.07) is 17.6. The number of ether oxygens (including phenoxy) is 3. The molecule has 3 aliphatic heterocycles. The number of rotatable bonds is 5. The Morgan fingerprint density at radius 1 is 1.02 bits per heavy atom. The summed E-state index contributed by atoms with van der Waals surface area (Å²) in [6.45, 7) is 1.98. The molecule has 0 saturated carbocycles. The number of amides is 1. The van der Waals surface area contributed by atoms with Gasteiger partial charge in [0.15, 0.2) is 23.1 Å². The lowest BCUT2D eigenvalue weighted by Crippen LogP contribution is -2.66. The van der Waals surface area contributed by atoms with Gasteiger partial charge in [-0.2, -0.15) is 0 Å². The lowest BCUT2D eigenvalue weighted by Gasteiger charge is -2.51. The van der Waals surface area contributed by atoms with Crippen LogP contribution in [0.15, 0.2) is 82.6 Å². The second-order valence-electron chi connectivity index (χ2n) is 10.8. The second-order valence-corrected chi connectivity index (χ2v) is 11.8. The lowest BCUT2D eigenvalue weighted by molar-refractivity contribution is -0.131. The van der Waals surface area contributed by atoms with Crippen molar-refractivity contribution >= 4 is 23.6 Å². The first-order valence-corrected chi connectivity index (χ1v) is 15.3. The zero-order chi connectivity index (χ0) is 31.2. The first-order chi connectivity index (χ1) is 21.8. The highest BCUT2D eigenvalue weighted by Crippen LogP contribution is 2.45. The Kier molecular flexibility index (Phi) is 7.54. The Morgan fingerprint density at radius 2 is 1.82 bits per heavy atom. The Bertz CT molecular complexity index is 1880. The van der Waals surface area contributed by atoms with Gasteiger partial charge in [-0.3, -0.25) is 24.1 Å². The Balaban J connectivity index is 1.37. The van der Waals surface area contributed by atoms with E-state index in [1.54, 1.807) is 39.9 Å². The molecule has 0 aliphatic carbocycles. The molecule has 2 atom stereocenters. The van der Waals surface area contributed by atoms with Crippen molar-refractivity contribution in [1.29, 1.82) is 0 Å². The summed E-state index contributed by atoms with van der Waals surface area (Å²) in [7, 11) is 0. The van der Waals surface area contributed by atoms with Gasteiger partial charge < -0.3 is 19.1 Å². The van der Waals surface area contributed by atoms with Crippen LogP contribution in [-0.4, -0.2) is 47.4 Å². The fourth-order valence-electron chi connectivity index (χ4n) is 6.09. The van der Waals surface area contributed by atoms with Crippen LogP contribution in [0.1, 0.15) is 45.7 Å². The van der Waals surface area contributed by atoms with E-state index in [0.717, 1.165) is 16.5 Å². The Hall–Kier alpha value is -4.68. The molecule has 0 bridgehead atoms. The van der Waals surface area contributed by atoms with Crippen LogP contribution in [0.5, 0.6) is 11.5 Å². The average molecular weight is 632 g/mol. The third-order valence-corrected chi connectivity index (χ3v) is 9.22. The minimum Gasteiger partial charge on any atom is -0.482 e. The van der Waals surface area contributed by atoms with Crippen LogP contribution in [0.4, 0.5) is 8.78 Å². The maximum Gasteiger partial charge on any atom is 0.308 e. The molecule has 1 aromatic heterocycles. The predicted octanol–water partition coefficient (Wildman–Crippen LogP) is 4.78. The van der Waals surface area contributed by atoms with Gasteiger partial charge in [0.25, 0.3) is 5.91 Å². The minimum atomic E-state index is -0.934. The molecule has 0 N–H and O–H groups in total. The molecule has 0 spiro atoms. The zero-order valence-electron chi connectivity index (χ0n) is 24.1. The summed E-state index contributed by atoms with van der Waals surface area (Å²) in [5.74, 6) is -2.25. The van der Waals surface area contributed by atoms with Crippen LogP contribution in [0.2, 0.25) is 0 Å². The summed E-state index contributed by atoms with van der Waals surface area (Å²) in [5.41, 5.74) is 1.84. The number of aromatic nitrogens is 1. The Labute approximate surface area is 260 Å². The van der Waals surface area contributed by atoms with Crippen LogP contribution >= 0.6 is 11.8 Å². The number of fused-ring (bicyclic) bond motifs is 4. The van der Waals surface area contributed by atoms with Crippen molar-refractivity contribution in [2.75, 3.05) is 24.8 Å². The first kappa shape index (κ1) is 29.1. The number of esters is 1. The number of carbonyl (C=O) groups excluding carboxylic acids is 2. The van der Waals surface area contributed by atoms with Gasteiger partial charge in [0.1, 0.15) is 18.5 Å². The standard InChI is InChI=1S/C33H27F2N3O6S/c1-19(39)44-21-8-6-20(7-9-21)16-43-32-26(40)12-13-37-31(32)33(41)36-14-15-42-17-28(36)38(37)30-22-10-11-25(34)29(35)24(22)18-45-27-5-3-2-4-23(27)30/h2-13,28,30H,14-18H2,1H3/t28-,30+/m1/s1.